The molecule has 0 aliphatic heterocycles. The third-order valence-electron chi connectivity index (χ3n) is 4.15. The minimum absolute atomic E-state index is 0.108. The van der Waals surface area contributed by atoms with Crippen molar-refractivity contribution in [3.05, 3.63) is 75.1 Å². The van der Waals surface area contributed by atoms with E-state index in [1.807, 2.05) is 23.6 Å². The van der Waals surface area contributed by atoms with Crippen molar-refractivity contribution >= 4 is 51.7 Å². The second kappa shape index (κ2) is 8.48. The summed E-state index contributed by atoms with van der Waals surface area (Å²) in [4.78, 5) is 16.6. The minimum Gasteiger partial charge on any atom is -0.298 e. The van der Waals surface area contributed by atoms with Crippen molar-refractivity contribution in [3.8, 4) is 11.3 Å². The number of nitrogens with one attached hydrogen (secondary N) is 1. The Morgan fingerprint density at radius 3 is 2.43 bits per heavy atom. The topological polar surface area (TPSA) is 42.0 Å². The SMILES string of the molecule is CC(C)(C)c1ccc(C=CC(=O)Nc2nc(-c3ccc(Cl)c(Cl)c3)cs2)cc1. The number of aromatic nitrogens is 1. The maximum absolute atomic E-state index is 12.2. The van der Waals surface area contributed by atoms with Crippen molar-refractivity contribution < 1.29 is 4.79 Å². The molecule has 3 rings (SSSR count). The van der Waals surface area contributed by atoms with E-state index >= 15 is 0 Å². The van der Waals surface area contributed by atoms with Crippen LogP contribution in [-0.2, 0) is 10.2 Å². The van der Waals surface area contributed by atoms with E-state index in [0.717, 1.165) is 16.8 Å². The highest BCUT2D eigenvalue weighted by atomic mass is 35.5. The average molecular weight is 431 g/mol. The summed E-state index contributed by atoms with van der Waals surface area (Å²) in [7, 11) is 0. The normalized spacial score (nSPS) is 11.8. The third kappa shape index (κ3) is 5.22. The van der Waals surface area contributed by atoms with Gasteiger partial charge in [-0.15, -0.1) is 11.3 Å². The predicted octanol–water partition coefficient (Wildman–Crippen LogP) is 7.07. The molecule has 28 heavy (non-hydrogen) atoms. The highest BCUT2D eigenvalue weighted by Crippen LogP contribution is 2.30. The summed E-state index contributed by atoms with van der Waals surface area (Å²) in [6, 6.07) is 13.5. The van der Waals surface area contributed by atoms with Gasteiger partial charge in [-0.25, -0.2) is 4.98 Å². The van der Waals surface area contributed by atoms with Gasteiger partial charge in [0.25, 0.3) is 0 Å². The number of amides is 1. The number of nitrogens with zero attached hydrogens (tertiary/aromatic N) is 1. The number of thiazole rings is 1. The van der Waals surface area contributed by atoms with Crippen molar-refractivity contribution in [3.63, 3.8) is 0 Å². The molecule has 0 bridgehead atoms. The van der Waals surface area contributed by atoms with Crippen LogP contribution in [0.15, 0.2) is 53.9 Å². The van der Waals surface area contributed by atoms with Gasteiger partial charge in [-0.05, 0) is 34.8 Å². The van der Waals surface area contributed by atoms with Gasteiger partial charge in [0.1, 0.15) is 0 Å². The highest BCUT2D eigenvalue weighted by Gasteiger charge is 2.12. The Hall–Kier alpha value is -2.14. The summed E-state index contributed by atoms with van der Waals surface area (Å²) in [6.07, 6.45) is 3.29. The van der Waals surface area contributed by atoms with Crippen LogP contribution >= 0.6 is 34.5 Å². The van der Waals surface area contributed by atoms with Crippen LogP contribution in [0.1, 0.15) is 31.9 Å². The molecule has 1 aromatic heterocycles. The maximum Gasteiger partial charge on any atom is 0.250 e. The summed E-state index contributed by atoms with van der Waals surface area (Å²) >= 11 is 13.4. The standard InChI is InChI=1S/C22H20Cl2N2OS/c1-22(2,3)16-8-4-14(5-9-16)6-11-20(27)26-21-25-19(13-28-21)15-7-10-17(23)18(24)12-15/h4-13H,1-3H3,(H,25,26,27). The monoisotopic (exact) mass is 430 g/mol. The molecular formula is C22H20Cl2N2OS. The summed E-state index contributed by atoms with van der Waals surface area (Å²) in [5.74, 6) is -0.227. The molecule has 0 unspecified atom stereocenters. The van der Waals surface area contributed by atoms with Crippen LogP contribution in [0.5, 0.6) is 0 Å². The summed E-state index contributed by atoms with van der Waals surface area (Å²) < 4.78 is 0. The van der Waals surface area contributed by atoms with E-state index in [2.05, 4.69) is 43.2 Å². The smallest absolute Gasteiger partial charge is 0.250 e. The first-order valence-corrected chi connectivity index (χ1v) is 10.4. The van der Waals surface area contributed by atoms with Crippen LogP contribution in [0, 0.1) is 0 Å². The summed E-state index contributed by atoms with van der Waals surface area (Å²) in [5.41, 5.74) is 3.92. The van der Waals surface area contributed by atoms with Crippen LogP contribution in [-0.4, -0.2) is 10.9 Å². The Morgan fingerprint density at radius 1 is 1.07 bits per heavy atom. The molecule has 144 valence electrons. The largest absolute Gasteiger partial charge is 0.298 e. The van der Waals surface area contributed by atoms with Gasteiger partial charge < -0.3 is 0 Å². The van der Waals surface area contributed by atoms with Gasteiger partial charge in [0, 0.05) is 17.0 Å². The van der Waals surface area contributed by atoms with Gasteiger partial charge in [0.05, 0.1) is 15.7 Å². The van der Waals surface area contributed by atoms with E-state index < -0.39 is 0 Å². The summed E-state index contributed by atoms with van der Waals surface area (Å²) in [5, 5.41) is 6.14. The summed E-state index contributed by atoms with van der Waals surface area (Å²) in [6.45, 7) is 6.52. The van der Waals surface area contributed by atoms with Crippen LogP contribution in [0.3, 0.4) is 0 Å². The quantitative estimate of drug-likeness (QED) is 0.449. The molecule has 1 N–H and O–H groups in total. The highest BCUT2D eigenvalue weighted by molar-refractivity contribution is 7.14. The van der Waals surface area contributed by atoms with Crippen LogP contribution < -0.4 is 5.32 Å². The fraction of sp³-hybridized carbons (Fsp3) is 0.182. The molecule has 0 aliphatic rings. The first-order valence-electron chi connectivity index (χ1n) is 8.73. The Kier molecular flexibility index (Phi) is 6.23. The zero-order chi connectivity index (χ0) is 20.3. The van der Waals surface area contributed by atoms with Crippen molar-refractivity contribution in [2.75, 3.05) is 5.32 Å². The van der Waals surface area contributed by atoms with Crippen molar-refractivity contribution in [1.82, 2.24) is 4.98 Å². The number of carbonyl (C=O) groups is 1. The number of rotatable bonds is 4. The van der Waals surface area contributed by atoms with E-state index in [1.54, 1.807) is 18.2 Å². The predicted molar refractivity (Wildman–Crippen MR) is 120 cm³/mol. The van der Waals surface area contributed by atoms with E-state index in [-0.39, 0.29) is 11.3 Å². The second-order valence-corrected chi connectivity index (χ2v) is 9.03. The maximum atomic E-state index is 12.2. The lowest BCUT2D eigenvalue weighted by Gasteiger charge is -2.18. The molecule has 0 saturated heterocycles. The zero-order valence-corrected chi connectivity index (χ0v) is 18.1. The van der Waals surface area contributed by atoms with Gasteiger partial charge in [-0.3, -0.25) is 10.1 Å². The minimum atomic E-state index is -0.227. The van der Waals surface area contributed by atoms with Crippen molar-refractivity contribution in [2.45, 2.75) is 26.2 Å². The average Bonchev–Trinajstić information content (AvgIpc) is 3.10. The molecule has 0 atom stereocenters. The second-order valence-electron chi connectivity index (χ2n) is 7.36. The van der Waals surface area contributed by atoms with Crippen LogP contribution in [0.2, 0.25) is 10.0 Å². The molecule has 0 radical (unpaired) electrons. The Balaban J connectivity index is 1.64. The lowest BCUT2D eigenvalue weighted by atomic mass is 9.87. The first kappa shape index (κ1) is 20.6. The lowest BCUT2D eigenvalue weighted by Crippen LogP contribution is -2.10. The molecule has 0 saturated carbocycles. The van der Waals surface area contributed by atoms with Gasteiger partial charge in [-0.2, -0.15) is 0 Å². The molecule has 1 heterocycles. The van der Waals surface area contributed by atoms with Crippen LogP contribution in [0.25, 0.3) is 17.3 Å². The van der Waals surface area contributed by atoms with Crippen molar-refractivity contribution in [2.24, 2.45) is 0 Å². The molecule has 2 aromatic carbocycles. The van der Waals surface area contributed by atoms with Gasteiger partial charge in [0.2, 0.25) is 5.91 Å². The number of anilines is 1. The van der Waals surface area contributed by atoms with E-state index in [9.17, 15) is 4.79 Å². The molecule has 0 spiro atoms. The molecule has 3 aromatic rings. The van der Waals surface area contributed by atoms with Crippen LogP contribution in [0.4, 0.5) is 5.13 Å². The molecular weight excluding hydrogens is 411 g/mol. The Labute approximate surface area is 179 Å². The van der Waals surface area contributed by atoms with Gasteiger partial charge in [0.15, 0.2) is 5.13 Å². The molecule has 3 nitrogen and oxygen atoms in total. The third-order valence-corrected chi connectivity index (χ3v) is 5.65. The first-order chi connectivity index (χ1) is 13.2. The van der Waals surface area contributed by atoms with Gasteiger partial charge in [-0.1, -0.05) is 74.3 Å². The number of halogens is 2. The Morgan fingerprint density at radius 2 is 1.79 bits per heavy atom. The van der Waals surface area contributed by atoms with E-state index in [1.165, 1.54) is 23.0 Å². The van der Waals surface area contributed by atoms with E-state index in [4.69, 9.17) is 23.2 Å². The number of hydrogen-bond acceptors (Lipinski definition) is 3. The fourth-order valence-corrected chi connectivity index (χ4v) is 3.55. The molecule has 0 fully saturated rings. The van der Waals surface area contributed by atoms with Crippen molar-refractivity contribution in [1.29, 1.82) is 0 Å². The zero-order valence-electron chi connectivity index (χ0n) is 15.8. The number of hydrogen-bond donors (Lipinski definition) is 1. The molecule has 0 aliphatic carbocycles. The van der Waals surface area contributed by atoms with E-state index in [0.29, 0.717) is 15.2 Å². The molecule has 6 heteroatoms. The van der Waals surface area contributed by atoms with Gasteiger partial charge >= 0.3 is 0 Å². The molecule has 1 amide bonds. The number of carbonyl (C=O) groups excluding carboxylic acids is 1. The Bertz CT molecular complexity index is 1020. The number of benzene rings is 2. The fourth-order valence-electron chi connectivity index (χ4n) is 2.53. The lowest BCUT2D eigenvalue weighted by molar-refractivity contribution is -0.111.